The van der Waals surface area contributed by atoms with Gasteiger partial charge < -0.3 is 19.3 Å². The zero-order chi connectivity index (χ0) is 37.2. The number of anilines is 1. The van der Waals surface area contributed by atoms with Crippen LogP contribution < -0.4 is 19.1 Å². The van der Waals surface area contributed by atoms with Crippen molar-refractivity contribution in [3.63, 3.8) is 0 Å². The molecule has 0 unspecified atom stereocenters. The molecule has 1 amide bonds. The van der Waals surface area contributed by atoms with E-state index in [1.807, 2.05) is 12.1 Å². The van der Waals surface area contributed by atoms with Crippen molar-refractivity contribution in [1.29, 1.82) is 0 Å². The molecule has 53 heavy (non-hydrogen) atoms. The van der Waals surface area contributed by atoms with Gasteiger partial charge in [0.2, 0.25) is 12.4 Å². The average molecular weight is 766 g/mol. The van der Waals surface area contributed by atoms with Crippen LogP contribution in [-0.4, -0.2) is 66.7 Å². The van der Waals surface area contributed by atoms with Crippen LogP contribution in [0.3, 0.4) is 0 Å². The molecule has 8 rings (SSSR count). The smallest absolute Gasteiger partial charge is 0.415 e. The lowest BCUT2D eigenvalue weighted by molar-refractivity contribution is -0.904. The Morgan fingerprint density at radius 3 is 2.38 bits per heavy atom. The number of halogens is 3. The maximum absolute atomic E-state index is 15.4. The number of rotatable bonds is 13. The van der Waals surface area contributed by atoms with Gasteiger partial charge in [-0.2, -0.15) is 0 Å². The second kappa shape index (κ2) is 15.8. The highest BCUT2D eigenvalue weighted by atomic mass is 35.5. The summed E-state index contributed by atoms with van der Waals surface area (Å²) in [6.45, 7) is 3.00. The van der Waals surface area contributed by atoms with E-state index in [4.69, 9.17) is 37.4 Å². The number of carboxylic acids is 1. The molecule has 278 valence electrons. The fourth-order valence-electron chi connectivity index (χ4n) is 7.39. The predicted molar refractivity (Wildman–Crippen MR) is 196 cm³/mol. The number of carboxylic acid groups (broad SMARTS) is 1. The first-order valence-electron chi connectivity index (χ1n) is 17.8. The van der Waals surface area contributed by atoms with Gasteiger partial charge in [0.05, 0.1) is 31.5 Å². The number of hydrogen-bond acceptors (Lipinski definition) is 7. The van der Waals surface area contributed by atoms with Crippen molar-refractivity contribution in [3.05, 3.63) is 117 Å². The zero-order valence-corrected chi connectivity index (χ0v) is 30.7. The summed E-state index contributed by atoms with van der Waals surface area (Å²) in [4.78, 5) is 30.4. The molecule has 2 N–H and O–H groups in total. The fourth-order valence-corrected chi connectivity index (χ4v) is 8.00. The van der Waals surface area contributed by atoms with Gasteiger partial charge in [-0.15, -0.1) is 0 Å². The largest absolute Gasteiger partial charge is 0.493 e. The molecule has 3 aliphatic heterocycles. The van der Waals surface area contributed by atoms with E-state index < -0.39 is 23.8 Å². The van der Waals surface area contributed by atoms with Crippen LogP contribution in [0, 0.1) is 17.7 Å². The molecule has 4 aliphatic rings. The van der Waals surface area contributed by atoms with Crippen molar-refractivity contribution in [1.82, 2.24) is 4.90 Å². The standard InChI is InChI=1S/C40H40Cl2FN3O7/c1-51-36-11-9-27(17-37(36)52-23-24-6-7-24)29(18-31-32(41)20-45(50)21-33(31)42)30-16-25(8-10-28(30)39(47)48)19-46(35-5-3-2-4-34(35)43)40(49)53-38-22-44-14-12-26(38)13-15-44/h2-5,8-11,16-17,20-21,24,26,29,38H,6-7,12-15,18-19,22-23H2,1H3,(H-,47,48,50)/p+1/t29-,38-/m0/s1. The van der Waals surface area contributed by atoms with E-state index >= 15 is 4.39 Å². The minimum Gasteiger partial charge on any atom is -0.493 e. The molecular formula is C40H41Cl2FN3O7+. The highest BCUT2D eigenvalue weighted by Crippen LogP contribution is 2.41. The van der Waals surface area contributed by atoms with Gasteiger partial charge in [0.1, 0.15) is 22.0 Å². The Labute approximate surface area is 317 Å². The lowest BCUT2D eigenvalue weighted by Gasteiger charge is -2.44. The van der Waals surface area contributed by atoms with Crippen LogP contribution in [0.5, 0.6) is 11.5 Å². The number of piperidine rings is 3. The first-order chi connectivity index (χ1) is 25.6. The number of ether oxygens (including phenoxy) is 3. The first-order valence-corrected chi connectivity index (χ1v) is 18.5. The normalized spacial score (nSPS) is 19.7. The molecule has 2 bridgehead atoms. The summed E-state index contributed by atoms with van der Waals surface area (Å²) in [7, 11) is 1.55. The van der Waals surface area contributed by atoms with E-state index in [9.17, 15) is 19.9 Å². The van der Waals surface area contributed by atoms with Crippen molar-refractivity contribution in [2.45, 2.75) is 50.7 Å². The van der Waals surface area contributed by atoms with Gasteiger partial charge in [0.15, 0.2) is 11.5 Å². The van der Waals surface area contributed by atoms with Crippen LogP contribution in [0.2, 0.25) is 10.0 Å². The average Bonchev–Trinajstić information content (AvgIpc) is 3.98. The second-order valence-electron chi connectivity index (χ2n) is 14.1. The maximum Gasteiger partial charge on any atom is 0.415 e. The fraction of sp³-hybridized carbons (Fsp3) is 0.375. The van der Waals surface area contributed by atoms with Gasteiger partial charge in [0.25, 0.3) is 0 Å². The Kier molecular flexibility index (Phi) is 11.0. The highest BCUT2D eigenvalue weighted by Gasteiger charge is 2.38. The van der Waals surface area contributed by atoms with Crippen LogP contribution in [0.25, 0.3) is 0 Å². The Morgan fingerprint density at radius 1 is 1.00 bits per heavy atom. The third-order valence-electron chi connectivity index (χ3n) is 10.5. The summed E-state index contributed by atoms with van der Waals surface area (Å²) in [6, 6.07) is 16.3. The van der Waals surface area contributed by atoms with Crippen LogP contribution in [0.4, 0.5) is 14.9 Å². The van der Waals surface area contributed by atoms with E-state index in [0.717, 1.165) is 43.5 Å². The van der Waals surface area contributed by atoms with Crippen molar-refractivity contribution in [2.24, 2.45) is 11.8 Å². The first kappa shape index (κ1) is 36.8. The SMILES string of the molecule is COc1ccc([C@H](Cc2c(Cl)c[n+](O)cc2Cl)c2cc(CN(C(=O)O[C@H]3CN4CCC3CC4)c3ccccc3F)ccc2C(=O)O)cc1OCC1CC1. The lowest BCUT2D eigenvalue weighted by atomic mass is 9.82. The van der Waals surface area contributed by atoms with Gasteiger partial charge in [-0.1, -0.05) is 53.5 Å². The van der Waals surface area contributed by atoms with E-state index in [2.05, 4.69) is 4.90 Å². The van der Waals surface area contributed by atoms with Gasteiger partial charge in [-0.05, 0) is 104 Å². The Morgan fingerprint density at radius 2 is 1.74 bits per heavy atom. The number of nitrogens with zero attached hydrogens (tertiary/aromatic N) is 3. The van der Waals surface area contributed by atoms with Gasteiger partial charge in [0, 0.05) is 22.8 Å². The van der Waals surface area contributed by atoms with Crippen molar-refractivity contribution >= 4 is 41.0 Å². The summed E-state index contributed by atoms with van der Waals surface area (Å²) < 4.78 is 34.0. The van der Waals surface area contributed by atoms with Crippen LogP contribution in [-0.2, 0) is 17.7 Å². The molecule has 2 atom stereocenters. The third-order valence-corrected chi connectivity index (χ3v) is 11.2. The van der Waals surface area contributed by atoms with E-state index in [-0.39, 0.29) is 46.3 Å². The Balaban J connectivity index is 1.29. The number of methoxy groups -OCH3 is 1. The second-order valence-corrected chi connectivity index (χ2v) is 14.9. The number of benzene rings is 3. The number of para-hydroxylation sites is 1. The van der Waals surface area contributed by atoms with Crippen LogP contribution in [0.1, 0.15) is 64.2 Å². The molecule has 4 heterocycles. The molecule has 4 aromatic rings. The summed E-state index contributed by atoms with van der Waals surface area (Å²) in [5.41, 5.74) is 2.18. The molecule has 4 fully saturated rings. The van der Waals surface area contributed by atoms with Crippen molar-refractivity contribution in [2.75, 3.05) is 38.3 Å². The van der Waals surface area contributed by atoms with Gasteiger partial charge in [-0.25, -0.2) is 14.0 Å². The summed E-state index contributed by atoms with van der Waals surface area (Å²) in [5, 5.41) is 20.9. The molecule has 10 nitrogen and oxygen atoms in total. The maximum atomic E-state index is 15.4. The number of carbonyl (C=O) groups excluding carboxylic acids is 1. The topological polar surface area (TPSA) is 113 Å². The molecule has 1 saturated carbocycles. The molecule has 0 spiro atoms. The molecule has 0 radical (unpaired) electrons. The zero-order valence-electron chi connectivity index (χ0n) is 29.2. The molecule has 3 aromatic carbocycles. The van der Waals surface area contributed by atoms with E-state index in [0.29, 0.717) is 52.8 Å². The number of hydrogen-bond donors (Lipinski definition) is 2. The lowest BCUT2D eigenvalue weighted by Crippen LogP contribution is -2.53. The van der Waals surface area contributed by atoms with Gasteiger partial charge >= 0.3 is 12.1 Å². The van der Waals surface area contributed by atoms with E-state index in [1.54, 1.807) is 37.4 Å². The third kappa shape index (κ3) is 8.32. The molecule has 13 heteroatoms. The number of fused-ring (bicyclic) bond motifs is 3. The molecule has 1 aliphatic carbocycles. The van der Waals surface area contributed by atoms with Crippen molar-refractivity contribution < 1.29 is 43.2 Å². The summed E-state index contributed by atoms with van der Waals surface area (Å²) in [5.74, 6) is -0.675. The Bertz CT molecular complexity index is 1980. The highest BCUT2D eigenvalue weighted by molar-refractivity contribution is 6.35. The number of carbonyl (C=O) groups is 2. The van der Waals surface area contributed by atoms with Crippen LogP contribution in [0.15, 0.2) is 73.1 Å². The molecule has 1 aromatic heterocycles. The predicted octanol–water partition coefficient (Wildman–Crippen LogP) is 7.76. The minimum absolute atomic E-state index is 0.0164. The van der Waals surface area contributed by atoms with Gasteiger partial charge in [-0.3, -0.25) is 15.0 Å². The monoisotopic (exact) mass is 764 g/mol. The van der Waals surface area contributed by atoms with E-state index in [1.165, 1.54) is 35.5 Å². The number of pyridine rings is 1. The molecule has 3 saturated heterocycles. The summed E-state index contributed by atoms with van der Waals surface area (Å²) in [6.07, 6.45) is 5.81. The Hall–Kier alpha value is -4.58. The molecular weight excluding hydrogens is 724 g/mol. The van der Waals surface area contributed by atoms with Crippen molar-refractivity contribution in [3.8, 4) is 11.5 Å². The number of amides is 1. The number of aromatic carboxylic acids is 1. The quantitative estimate of drug-likeness (QED) is 0.105. The summed E-state index contributed by atoms with van der Waals surface area (Å²) >= 11 is 13.2. The minimum atomic E-state index is -1.17. The number of aromatic nitrogens is 1. The van der Waals surface area contributed by atoms with Crippen LogP contribution >= 0.6 is 23.2 Å².